The quantitative estimate of drug-likeness (QED) is 0.175. The van der Waals surface area contributed by atoms with Crippen LogP contribution in [-0.2, 0) is 11.2 Å². The van der Waals surface area contributed by atoms with Gasteiger partial charge in [0.15, 0.2) is 5.78 Å². The molecule has 1 aliphatic rings. The third-order valence-electron chi connectivity index (χ3n) is 7.20. The molecule has 1 aromatic heterocycles. The maximum atomic E-state index is 14.4. The average Bonchev–Trinajstić information content (AvgIpc) is 3.40. The van der Waals surface area contributed by atoms with Crippen LogP contribution in [0, 0.1) is 29.5 Å². The molecule has 0 fully saturated rings. The normalized spacial score (nSPS) is 17.2. The highest BCUT2D eigenvalue weighted by Crippen LogP contribution is 2.33. The van der Waals surface area contributed by atoms with Crippen molar-refractivity contribution in [1.82, 2.24) is 10.2 Å². The Morgan fingerprint density at radius 3 is 2.45 bits per heavy atom. The number of aromatic amines is 1. The number of rotatable bonds is 11. The molecule has 218 valence electrons. The molecule has 6 nitrogen and oxygen atoms in total. The summed E-state index contributed by atoms with van der Waals surface area (Å²) in [4.78, 5) is 18.5. The third-order valence-corrected chi connectivity index (χ3v) is 7.20. The first-order chi connectivity index (χ1) is 19.1. The topological polar surface area (TPSA) is 87.6 Å². The van der Waals surface area contributed by atoms with Crippen molar-refractivity contribution < 1.29 is 23.4 Å². The molecule has 40 heavy (non-hydrogen) atoms. The van der Waals surface area contributed by atoms with E-state index in [-0.39, 0.29) is 30.0 Å². The van der Waals surface area contributed by atoms with Gasteiger partial charge in [0.2, 0.25) is 5.95 Å². The van der Waals surface area contributed by atoms with Gasteiger partial charge in [0.1, 0.15) is 11.6 Å². The number of halogens is 2. The number of allylic oxidation sites excluding steroid dienone is 4. The summed E-state index contributed by atoms with van der Waals surface area (Å²) < 4.78 is 34.0. The van der Waals surface area contributed by atoms with Crippen molar-refractivity contribution in [3.05, 3.63) is 82.9 Å². The highest BCUT2D eigenvalue weighted by Gasteiger charge is 2.30. The number of hydrogen-bond donors (Lipinski definition) is 2. The summed E-state index contributed by atoms with van der Waals surface area (Å²) in [6, 6.07) is 4.37. The molecule has 0 saturated carbocycles. The van der Waals surface area contributed by atoms with Crippen LogP contribution in [0.2, 0.25) is 0 Å². The molecule has 1 aromatic carbocycles. The summed E-state index contributed by atoms with van der Waals surface area (Å²) in [6.45, 7) is 16.6. The number of carbonyl (C=O) groups excluding carboxylic acids is 1. The smallest absolute Gasteiger partial charge is 0.218 e. The highest BCUT2D eigenvalue weighted by molar-refractivity contribution is 6.04. The Kier molecular flexibility index (Phi) is 13.1. The van der Waals surface area contributed by atoms with Gasteiger partial charge < -0.3 is 9.84 Å². The number of nitrogens with zero attached hydrogens (tertiary/aromatic N) is 2. The Morgan fingerprint density at radius 2 is 1.90 bits per heavy atom. The predicted octanol–water partition coefficient (Wildman–Crippen LogP) is 7.16. The van der Waals surface area contributed by atoms with Crippen LogP contribution in [0.5, 0.6) is 5.75 Å². The lowest BCUT2D eigenvalue weighted by atomic mass is 9.82. The van der Waals surface area contributed by atoms with Crippen molar-refractivity contribution >= 4 is 11.5 Å². The van der Waals surface area contributed by atoms with Crippen molar-refractivity contribution in [2.45, 2.75) is 67.2 Å². The zero-order chi connectivity index (χ0) is 29.8. The van der Waals surface area contributed by atoms with Gasteiger partial charge >= 0.3 is 0 Å². The zero-order valence-electron chi connectivity index (χ0n) is 24.6. The molecule has 0 saturated heterocycles. The van der Waals surface area contributed by atoms with Gasteiger partial charge in [0, 0.05) is 24.0 Å². The number of H-pyrrole nitrogens is 1. The number of nitrogens with one attached hydrogen (secondary N) is 1. The van der Waals surface area contributed by atoms with Crippen LogP contribution >= 0.6 is 0 Å². The second-order valence-corrected chi connectivity index (χ2v) is 10.1. The van der Waals surface area contributed by atoms with Gasteiger partial charge in [-0.1, -0.05) is 47.3 Å². The van der Waals surface area contributed by atoms with Crippen LogP contribution in [0.3, 0.4) is 0 Å². The Balaban J connectivity index is 0.00000131. The number of benzene rings is 1. The monoisotopic (exact) mass is 555 g/mol. The van der Waals surface area contributed by atoms with E-state index in [4.69, 9.17) is 14.8 Å². The van der Waals surface area contributed by atoms with Gasteiger partial charge in [-0.15, -0.1) is 0 Å². The fourth-order valence-corrected chi connectivity index (χ4v) is 4.26. The van der Waals surface area contributed by atoms with Crippen molar-refractivity contribution in [2.24, 2.45) is 22.7 Å². The maximum absolute atomic E-state index is 14.4. The van der Waals surface area contributed by atoms with E-state index in [1.165, 1.54) is 18.3 Å². The van der Waals surface area contributed by atoms with E-state index >= 15 is 0 Å². The first-order valence-electron chi connectivity index (χ1n) is 14.0. The summed E-state index contributed by atoms with van der Waals surface area (Å²) in [5, 5.41) is 14.0. The van der Waals surface area contributed by atoms with E-state index in [1.54, 1.807) is 25.3 Å². The zero-order valence-corrected chi connectivity index (χ0v) is 24.6. The van der Waals surface area contributed by atoms with E-state index in [2.05, 4.69) is 23.7 Å². The van der Waals surface area contributed by atoms with E-state index in [0.29, 0.717) is 46.8 Å². The minimum atomic E-state index is -0.544. The minimum Gasteiger partial charge on any atom is -0.493 e. The molecule has 0 radical (unpaired) electrons. The summed E-state index contributed by atoms with van der Waals surface area (Å²) in [5.41, 5.74) is 3.41. The van der Waals surface area contributed by atoms with Gasteiger partial charge in [-0.25, -0.2) is 4.39 Å². The molecule has 1 aliphatic heterocycles. The fourth-order valence-electron chi connectivity index (χ4n) is 4.26. The molecule has 0 spiro atoms. The molecule has 0 bridgehead atoms. The van der Waals surface area contributed by atoms with E-state index in [1.807, 2.05) is 27.7 Å². The predicted molar refractivity (Wildman–Crippen MR) is 156 cm³/mol. The highest BCUT2D eigenvalue weighted by atomic mass is 19.1. The number of hydrogen-bond acceptors (Lipinski definition) is 5. The number of aliphatic imine (C=N–C) groups is 1. The number of fused-ring (bicyclic) bond motifs is 1. The SMILES string of the molecule is C=C(C(=C\N=C(c1cn[nH]c1F)C(C)CC)/C(=C\C)C(=O)[C@@H]1COc2ccc(F)cc2C1)C(C)CC.CCCO. The molecule has 3 atom stereocenters. The van der Waals surface area contributed by atoms with Gasteiger partial charge in [-0.3, -0.25) is 14.9 Å². The van der Waals surface area contributed by atoms with Crippen LogP contribution in [0.15, 0.2) is 65.0 Å². The van der Waals surface area contributed by atoms with Gasteiger partial charge in [0.25, 0.3) is 0 Å². The third kappa shape index (κ3) is 8.31. The van der Waals surface area contributed by atoms with Gasteiger partial charge in [-0.2, -0.15) is 9.49 Å². The summed E-state index contributed by atoms with van der Waals surface area (Å²) in [7, 11) is 0. The Morgan fingerprint density at radius 1 is 1.23 bits per heavy atom. The average molecular weight is 556 g/mol. The second kappa shape index (κ2) is 16.0. The van der Waals surface area contributed by atoms with Gasteiger partial charge in [0.05, 0.1) is 30.0 Å². The van der Waals surface area contributed by atoms with Crippen LogP contribution < -0.4 is 4.74 Å². The minimum absolute atomic E-state index is 0.0330. The summed E-state index contributed by atoms with van der Waals surface area (Å²) in [6.07, 6.45) is 7.66. The number of aliphatic hydroxyl groups is 1. The van der Waals surface area contributed by atoms with Gasteiger partial charge in [-0.05, 0) is 73.8 Å². The summed E-state index contributed by atoms with van der Waals surface area (Å²) >= 11 is 0. The molecule has 0 amide bonds. The number of ether oxygens (including phenoxy) is 1. The lowest BCUT2D eigenvalue weighted by Crippen LogP contribution is -2.30. The Labute approximate surface area is 237 Å². The molecule has 2 unspecified atom stereocenters. The molecular formula is C32H43F2N3O3. The maximum Gasteiger partial charge on any atom is 0.218 e. The molecule has 8 heteroatoms. The first-order valence-corrected chi connectivity index (χ1v) is 14.0. The molecule has 3 rings (SSSR count). The molecule has 2 N–H and O–H groups in total. The second-order valence-electron chi connectivity index (χ2n) is 10.1. The van der Waals surface area contributed by atoms with E-state index < -0.39 is 11.9 Å². The molecule has 2 heterocycles. The van der Waals surface area contributed by atoms with Crippen LogP contribution in [0.25, 0.3) is 0 Å². The fraction of sp³-hybridized carbons (Fsp3) is 0.469. The van der Waals surface area contributed by atoms with Crippen molar-refractivity contribution in [2.75, 3.05) is 13.2 Å². The lowest BCUT2D eigenvalue weighted by Gasteiger charge is -2.26. The standard InChI is InChI=1S/C29H35F2N3O2.C3H8O/c1-7-17(4)19(6)24(14-32-27(18(5)8-2)25-15-33-34-29(25)31)23(9-3)28(35)21-12-20-13-22(30)10-11-26(20)36-16-21;1-2-3-4/h9-11,13-15,17-18,21H,6-8,12,16H2,1-5H3,(H,33,34);4H,2-3H2,1H3/b23-9+,24-14+,32-27?;/t17?,18?,21-;/m0./s1. The molecular weight excluding hydrogens is 512 g/mol. The number of Topliss-reactive ketones (excluding diaryl/α,β-unsaturated/α-hetero) is 1. The van der Waals surface area contributed by atoms with Crippen molar-refractivity contribution in [3.63, 3.8) is 0 Å². The largest absolute Gasteiger partial charge is 0.493 e. The van der Waals surface area contributed by atoms with Crippen LogP contribution in [-0.4, -0.2) is 40.0 Å². The van der Waals surface area contributed by atoms with E-state index in [0.717, 1.165) is 24.8 Å². The van der Waals surface area contributed by atoms with Crippen LogP contribution in [0.4, 0.5) is 8.78 Å². The van der Waals surface area contributed by atoms with Crippen molar-refractivity contribution in [1.29, 1.82) is 0 Å². The number of ketones is 1. The summed E-state index contributed by atoms with van der Waals surface area (Å²) in [5.74, 6) is -0.815. The van der Waals surface area contributed by atoms with Crippen molar-refractivity contribution in [3.8, 4) is 5.75 Å². The Hall–Kier alpha value is -3.39. The van der Waals surface area contributed by atoms with E-state index in [9.17, 15) is 13.6 Å². The number of aromatic nitrogens is 2. The van der Waals surface area contributed by atoms with Crippen LogP contribution in [0.1, 0.15) is 71.9 Å². The molecule has 0 aliphatic carbocycles. The first kappa shape index (κ1) is 32.8. The number of carbonyl (C=O) groups is 1. The number of aliphatic hydroxyl groups excluding tert-OH is 1. The Bertz CT molecular complexity index is 1240. The molecule has 2 aromatic rings. The lowest BCUT2D eigenvalue weighted by molar-refractivity contribution is -0.120.